The number of rotatable bonds is 10. The first-order chi connectivity index (χ1) is 40.7. The number of fused-ring (bicyclic) bond motifs is 12. The normalized spacial score (nSPS) is 11.7. The van der Waals surface area contributed by atoms with E-state index in [0.717, 1.165) is 95.0 Å². The molecule has 2 aromatic heterocycles. The molecule has 4 heteroatoms. The summed E-state index contributed by atoms with van der Waals surface area (Å²) in [7, 11) is 0. The average Bonchev–Trinajstić information content (AvgIpc) is 3.54. The maximum atomic E-state index is 6.28. The van der Waals surface area contributed by atoms with Crippen LogP contribution in [0.5, 0.6) is 0 Å². The maximum Gasteiger partial charge on any atom is 0.136 e. The molecule has 0 atom stereocenters. The van der Waals surface area contributed by atoms with E-state index in [1.165, 1.54) is 54.2 Å². The molecule has 0 bridgehead atoms. The van der Waals surface area contributed by atoms with Gasteiger partial charge in [-0.1, -0.05) is 194 Å². The van der Waals surface area contributed by atoms with Crippen LogP contribution in [0.1, 0.15) is 0 Å². The Balaban J connectivity index is 0.829. The Morgan fingerprint density at radius 2 is 0.646 bits per heavy atom. The van der Waals surface area contributed by atoms with Crippen molar-refractivity contribution in [2.24, 2.45) is 0 Å². The highest BCUT2D eigenvalue weighted by atomic mass is 16.3. The second-order valence-corrected chi connectivity index (χ2v) is 21.2. The first-order valence-corrected chi connectivity index (χ1v) is 28.1. The van der Waals surface area contributed by atoms with Crippen molar-refractivity contribution in [3.8, 4) is 39.1 Å². The lowest BCUT2D eigenvalue weighted by atomic mass is 9.94. The summed E-state index contributed by atoms with van der Waals surface area (Å²) in [5, 5.41) is 12.2. The highest BCUT2D eigenvalue weighted by Gasteiger charge is 2.21. The first kappa shape index (κ1) is 47.1. The van der Waals surface area contributed by atoms with Gasteiger partial charge >= 0.3 is 0 Å². The van der Waals surface area contributed by atoms with E-state index in [-0.39, 0.29) is 0 Å². The van der Waals surface area contributed by atoms with Gasteiger partial charge in [0.15, 0.2) is 0 Å². The Labute approximate surface area is 474 Å². The zero-order valence-corrected chi connectivity index (χ0v) is 44.7. The number of furan rings is 1. The fourth-order valence-corrected chi connectivity index (χ4v) is 12.7. The SMILES string of the molecule is c1ccc(-c2ccc(N(c3ccccc3)c3ccc4c(c3)c3cc(-c5ccc(N(c6ccccc6)c6ccc(-c7cccc8oc9ccccc9c78)cc6)cc5)ccc3n4-c3ccc4c5ccccc5c5ccccc5c4c3)cc2)cc1. The maximum absolute atomic E-state index is 6.28. The van der Waals surface area contributed by atoms with E-state index in [1.807, 2.05) is 12.1 Å². The monoisotopic (exact) mass is 1050 g/mol. The van der Waals surface area contributed by atoms with E-state index < -0.39 is 0 Å². The summed E-state index contributed by atoms with van der Waals surface area (Å²) >= 11 is 0. The van der Waals surface area contributed by atoms with Crippen LogP contribution in [-0.2, 0) is 0 Å². The van der Waals surface area contributed by atoms with E-state index >= 15 is 0 Å². The molecule has 0 unspecified atom stereocenters. The lowest BCUT2D eigenvalue weighted by molar-refractivity contribution is 0.669. The first-order valence-electron chi connectivity index (χ1n) is 28.1. The molecular weight excluding hydrogens is 995 g/mol. The fraction of sp³-hybridized carbons (Fsp3) is 0. The third kappa shape index (κ3) is 7.91. The van der Waals surface area contributed by atoms with Crippen molar-refractivity contribution in [1.82, 2.24) is 4.57 Å². The molecule has 0 aliphatic heterocycles. The number of benzene rings is 14. The Hall–Kier alpha value is -10.9. The van der Waals surface area contributed by atoms with Crippen LogP contribution in [0.3, 0.4) is 0 Å². The predicted octanol–water partition coefficient (Wildman–Crippen LogP) is 22.1. The van der Waals surface area contributed by atoms with Gasteiger partial charge in [-0.2, -0.15) is 0 Å². The average molecular weight is 1050 g/mol. The van der Waals surface area contributed by atoms with Crippen LogP contribution in [0.2, 0.25) is 0 Å². The Morgan fingerprint density at radius 3 is 1.26 bits per heavy atom. The van der Waals surface area contributed by atoms with Crippen LogP contribution in [0.15, 0.2) is 314 Å². The van der Waals surface area contributed by atoms with Gasteiger partial charge in [-0.05, 0) is 181 Å². The van der Waals surface area contributed by atoms with Gasteiger partial charge in [0.2, 0.25) is 0 Å². The number of para-hydroxylation sites is 3. The molecule has 2 heterocycles. The molecule has 16 rings (SSSR count). The summed E-state index contributed by atoms with van der Waals surface area (Å²) in [6.45, 7) is 0. The molecule has 16 aromatic rings. The number of aromatic nitrogens is 1. The molecule has 4 nitrogen and oxygen atoms in total. The van der Waals surface area contributed by atoms with Crippen LogP contribution in [0.25, 0.3) is 115 Å². The molecule has 0 fully saturated rings. The molecule has 0 N–H and O–H groups in total. The topological polar surface area (TPSA) is 24.6 Å². The zero-order chi connectivity index (χ0) is 54.1. The van der Waals surface area contributed by atoms with Gasteiger partial charge in [0, 0.05) is 61.4 Å². The molecule has 0 saturated carbocycles. The van der Waals surface area contributed by atoms with E-state index in [2.05, 4.69) is 312 Å². The van der Waals surface area contributed by atoms with Gasteiger partial charge in [0.1, 0.15) is 11.2 Å². The zero-order valence-electron chi connectivity index (χ0n) is 44.7. The highest BCUT2D eigenvalue weighted by molar-refractivity contribution is 6.26. The summed E-state index contributed by atoms with van der Waals surface area (Å²) in [5.74, 6) is 0. The quantitative estimate of drug-likeness (QED) is 0.128. The minimum Gasteiger partial charge on any atom is -0.456 e. The Kier molecular flexibility index (Phi) is 11.2. The molecule has 14 aromatic carbocycles. The minimum absolute atomic E-state index is 0.895. The van der Waals surface area contributed by atoms with Crippen molar-refractivity contribution in [1.29, 1.82) is 0 Å². The Bertz CT molecular complexity index is 5030. The second kappa shape index (κ2) is 19.5. The summed E-state index contributed by atoms with van der Waals surface area (Å²) in [5.41, 5.74) is 18.7. The van der Waals surface area contributed by atoms with Crippen molar-refractivity contribution < 1.29 is 4.42 Å². The second-order valence-electron chi connectivity index (χ2n) is 21.2. The third-order valence-electron chi connectivity index (χ3n) is 16.6. The molecule has 0 spiro atoms. The number of nitrogens with zero attached hydrogens (tertiary/aromatic N) is 3. The third-order valence-corrected chi connectivity index (χ3v) is 16.6. The van der Waals surface area contributed by atoms with E-state index in [0.29, 0.717) is 0 Å². The molecule has 384 valence electrons. The number of hydrogen-bond donors (Lipinski definition) is 0. The molecule has 0 amide bonds. The minimum atomic E-state index is 0.895. The van der Waals surface area contributed by atoms with Crippen LogP contribution >= 0.6 is 0 Å². The van der Waals surface area contributed by atoms with Crippen LogP contribution in [0, 0.1) is 0 Å². The van der Waals surface area contributed by atoms with Gasteiger partial charge in [-0.15, -0.1) is 0 Å². The van der Waals surface area contributed by atoms with Crippen LogP contribution in [-0.4, -0.2) is 4.57 Å². The molecule has 0 radical (unpaired) electrons. The number of hydrogen-bond acceptors (Lipinski definition) is 3. The molecule has 0 saturated heterocycles. The van der Waals surface area contributed by atoms with Crippen molar-refractivity contribution in [2.75, 3.05) is 9.80 Å². The smallest absolute Gasteiger partial charge is 0.136 e. The van der Waals surface area contributed by atoms with Gasteiger partial charge < -0.3 is 18.8 Å². The molecule has 0 aliphatic carbocycles. The molecule has 0 aliphatic rings. The summed E-state index contributed by atoms with van der Waals surface area (Å²) in [6, 6.07) is 112. The molecule has 82 heavy (non-hydrogen) atoms. The van der Waals surface area contributed by atoms with Crippen molar-refractivity contribution >= 4 is 110 Å². The van der Waals surface area contributed by atoms with Crippen molar-refractivity contribution in [3.05, 3.63) is 309 Å². The van der Waals surface area contributed by atoms with Crippen molar-refractivity contribution in [2.45, 2.75) is 0 Å². The van der Waals surface area contributed by atoms with Crippen LogP contribution in [0.4, 0.5) is 34.1 Å². The largest absolute Gasteiger partial charge is 0.456 e. The summed E-state index contributed by atoms with van der Waals surface area (Å²) in [4.78, 5) is 4.71. The lowest BCUT2D eigenvalue weighted by Gasteiger charge is -2.26. The summed E-state index contributed by atoms with van der Waals surface area (Å²) < 4.78 is 8.74. The fourth-order valence-electron chi connectivity index (χ4n) is 12.7. The molecular formula is C78H51N3O. The predicted molar refractivity (Wildman–Crippen MR) is 346 cm³/mol. The number of anilines is 6. The highest BCUT2D eigenvalue weighted by Crippen LogP contribution is 2.45. The lowest BCUT2D eigenvalue weighted by Crippen LogP contribution is -2.09. The van der Waals surface area contributed by atoms with Crippen LogP contribution < -0.4 is 9.80 Å². The summed E-state index contributed by atoms with van der Waals surface area (Å²) in [6.07, 6.45) is 0. The van der Waals surface area contributed by atoms with E-state index in [4.69, 9.17) is 4.42 Å². The van der Waals surface area contributed by atoms with E-state index in [9.17, 15) is 0 Å². The van der Waals surface area contributed by atoms with Gasteiger partial charge in [0.25, 0.3) is 0 Å². The van der Waals surface area contributed by atoms with Gasteiger partial charge in [-0.3, -0.25) is 0 Å². The Morgan fingerprint density at radius 1 is 0.232 bits per heavy atom. The standard InChI is InChI=1S/C78H51N3O/c1-4-17-52(18-5-1)53-31-38-61(39-32-53)80(58-21-8-3-9-22-58)62-45-48-75-73(51-62)72-49-56(37-47-74(72)81(75)63-44-46-69-67-25-11-10-23-65(67)66-24-12-13-26-68(66)71(69)50-63)54-33-40-59(41-34-54)79(57-19-6-2-7-20-57)60-42-35-55(36-43-60)64-28-16-30-77-78(64)70-27-14-15-29-76(70)82-77/h1-51H. The van der Waals surface area contributed by atoms with Gasteiger partial charge in [-0.25, -0.2) is 0 Å². The van der Waals surface area contributed by atoms with Crippen molar-refractivity contribution in [3.63, 3.8) is 0 Å². The van der Waals surface area contributed by atoms with Gasteiger partial charge in [0.05, 0.1) is 11.0 Å². The van der Waals surface area contributed by atoms with E-state index in [1.54, 1.807) is 0 Å².